The maximum absolute atomic E-state index is 13.3. The molecule has 9 heteroatoms. The lowest BCUT2D eigenvalue weighted by Gasteiger charge is -2.23. The fraction of sp³-hybridized carbons (Fsp3) is 0.333. The maximum atomic E-state index is 13.3. The van der Waals surface area contributed by atoms with Crippen molar-refractivity contribution in [3.63, 3.8) is 0 Å². The molecule has 0 saturated carbocycles. The number of hydrogen-bond acceptors (Lipinski definition) is 4. The second-order valence-electron chi connectivity index (χ2n) is 10.5. The van der Waals surface area contributed by atoms with E-state index in [4.69, 9.17) is 0 Å². The van der Waals surface area contributed by atoms with Crippen LogP contribution >= 0.6 is 0 Å². The van der Waals surface area contributed by atoms with E-state index in [2.05, 4.69) is 20.9 Å². The monoisotopic (exact) mass is 570 g/mol. The molecule has 9 nitrogen and oxygen atoms in total. The third kappa shape index (κ3) is 8.42. The quantitative estimate of drug-likeness (QED) is 0.145. The van der Waals surface area contributed by atoms with Crippen LogP contribution in [0.5, 0.6) is 0 Å². The Balaban J connectivity index is 1.37. The minimum Gasteiger partial charge on any atom is -0.481 e. The van der Waals surface area contributed by atoms with Crippen LogP contribution in [0, 0.1) is 0 Å². The Morgan fingerprint density at radius 1 is 0.857 bits per heavy atom. The third-order valence-corrected chi connectivity index (χ3v) is 7.32. The first kappa shape index (κ1) is 30.3. The predicted octanol–water partition coefficient (Wildman–Crippen LogP) is 4.25. The molecule has 1 aromatic heterocycles. The van der Waals surface area contributed by atoms with E-state index >= 15 is 0 Å². The molecule has 4 aromatic rings. The number of aromatic nitrogens is 1. The summed E-state index contributed by atoms with van der Waals surface area (Å²) >= 11 is 0. The Morgan fingerprint density at radius 3 is 2.38 bits per heavy atom. The summed E-state index contributed by atoms with van der Waals surface area (Å²) < 4.78 is 0. The van der Waals surface area contributed by atoms with Crippen LogP contribution in [0.4, 0.5) is 0 Å². The number of benzene rings is 3. The van der Waals surface area contributed by atoms with Gasteiger partial charge in [0, 0.05) is 30.1 Å². The van der Waals surface area contributed by atoms with E-state index in [1.807, 2.05) is 79.9 Å². The first-order valence-corrected chi connectivity index (χ1v) is 14.5. The molecule has 0 fully saturated rings. The van der Waals surface area contributed by atoms with Crippen LogP contribution in [0.25, 0.3) is 21.7 Å². The van der Waals surface area contributed by atoms with E-state index in [1.54, 1.807) is 0 Å². The van der Waals surface area contributed by atoms with E-state index in [9.17, 15) is 24.3 Å². The molecule has 0 aliphatic heterocycles. The zero-order valence-electron chi connectivity index (χ0n) is 23.8. The molecule has 0 bridgehead atoms. The van der Waals surface area contributed by atoms with E-state index in [1.165, 1.54) is 0 Å². The third-order valence-electron chi connectivity index (χ3n) is 7.32. The van der Waals surface area contributed by atoms with Gasteiger partial charge in [-0.1, -0.05) is 80.4 Å². The van der Waals surface area contributed by atoms with Gasteiger partial charge in [-0.2, -0.15) is 0 Å². The molecule has 220 valence electrons. The molecule has 4 rings (SSSR count). The minimum atomic E-state index is -1.09. The number of amides is 3. The molecule has 0 radical (unpaired) electrons. The number of aliphatic carboxylic acids is 1. The van der Waals surface area contributed by atoms with Crippen LogP contribution in [0.2, 0.25) is 0 Å². The first-order valence-electron chi connectivity index (χ1n) is 14.5. The van der Waals surface area contributed by atoms with Crippen molar-refractivity contribution in [3.05, 3.63) is 84.1 Å². The Labute approximate surface area is 245 Å². The lowest BCUT2D eigenvalue weighted by Crippen LogP contribution is -2.54. The van der Waals surface area contributed by atoms with Gasteiger partial charge in [0.25, 0.3) is 0 Å². The molecule has 1 heterocycles. The molecule has 5 N–H and O–H groups in total. The molecule has 0 saturated heterocycles. The first-order chi connectivity index (χ1) is 20.3. The molecule has 42 heavy (non-hydrogen) atoms. The largest absolute Gasteiger partial charge is 0.481 e. The fourth-order valence-corrected chi connectivity index (χ4v) is 5.05. The van der Waals surface area contributed by atoms with Crippen LogP contribution in [-0.4, -0.2) is 52.4 Å². The zero-order chi connectivity index (χ0) is 29.9. The number of aromatic amines is 1. The number of hydrogen-bond donors (Lipinski definition) is 5. The molecule has 0 spiro atoms. The Kier molecular flexibility index (Phi) is 10.7. The number of nitrogens with one attached hydrogen (secondary N) is 4. The Hall–Kier alpha value is -4.66. The normalized spacial score (nSPS) is 12.5. The summed E-state index contributed by atoms with van der Waals surface area (Å²) in [6.07, 6.45) is 4.18. The number of carboxylic acids is 1. The summed E-state index contributed by atoms with van der Waals surface area (Å²) in [6.45, 7) is 2.39. The number of H-pyrrole nitrogens is 1. The van der Waals surface area contributed by atoms with E-state index in [-0.39, 0.29) is 25.2 Å². The van der Waals surface area contributed by atoms with Gasteiger partial charge in [-0.15, -0.1) is 0 Å². The lowest BCUT2D eigenvalue weighted by molar-refractivity contribution is -0.138. The van der Waals surface area contributed by atoms with Gasteiger partial charge in [0.1, 0.15) is 12.1 Å². The molecule has 3 amide bonds. The number of carbonyl (C=O) groups excluding carboxylic acids is 3. The number of rotatable bonds is 15. The average molecular weight is 571 g/mol. The molecule has 2 unspecified atom stereocenters. The highest BCUT2D eigenvalue weighted by Crippen LogP contribution is 2.18. The van der Waals surface area contributed by atoms with Crippen molar-refractivity contribution in [1.29, 1.82) is 0 Å². The van der Waals surface area contributed by atoms with Crippen molar-refractivity contribution in [2.75, 3.05) is 6.54 Å². The van der Waals surface area contributed by atoms with Crippen LogP contribution < -0.4 is 16.0 Å². The number of unbranched alkanes of at least 4 members (excludes halogenated alkanes) is 1. The van der Waals surface area contributed by atoms with Crippen molar-refractivity contribution < 1.29 is 24.3 Å². The molecule has 0 aliphatic rings. The van der Waals surface area contributed by atoms with Crippen molar-refractivity contribution >= 4 is 45.4 Å². The van der Waals surface area contributed by atoms with Crippen molar-refractivity contribution in [2.45, 2.75) is 64.0 Å². The van der Waals surface area contributed by atoms with Crippen LogP contribution in [-0.2, 0) is 32.0 Å². The Morgan fingerprint density at radius 2 is 1.60 bits per heavy atom. The smallest absolute Gasteiger partial charge is 0.303 e. The predicted molar refractivity (Wildman–Crippen MR) is 163 cm³/mol. The maximum Gasteiger partial charge on any atom is 0.303 e. The molecule has 2 atom stereocenters. The SMILES string of the molecule is CCCCC(NC(=O)C(CCC(=O)O)NC(=O)Cc1ccc2ccccc2c1)C(=O)NCCc1c[nH]c2ccccc12. The highest BCUT2D eigenvalue weighted by atomic mass is 16.4. The van der Waals surface area contributed by atoms with Gasteiger partial charge in [0.15, 0.2) is 0 Å². The van der Waals surface area contributed by atoms with Crippen LogP contribution in [0.3, 0.4) is 0 Å². The zero-order valence-corrected chi connectivity index (χ0v) is 23.8. The van der Waals surface area contributed by atoms with Gasteiger partial charge in [0.05, 0.1) is 6.42 Å². The summed E-state index contributed by atoms with van der Waals surface area (Å²) in [6, 6.07) is 19.6. The number of carboxylic acid groups (broad SMARTS) is 1. The number of fused-ring (bicyclic) bond motifs is 2. The van der Waals surface area contributed by atoms with Gasteiger partial charge in [0.2, 0.25) is 17.7 Å². The molecule has 0 aliphatic carbocycles. The van der Waals surface area contributed by atoms with E-state index in [0.717, 1.165) is 45.6 Å². The van der Waals surface area contributed by atoms with Crippen LogP contribution in [0.1, 0.15) is 50.2 Å². The minimum absolute atomic E-state index is 0.0370. The van der Waals surface area contributed by atoms with Gasteiger partial charge < -0.3 is 26.0 Å². The van der Waals surface area contributed by atoms with Gasteiger partial charge in [-0.05, 0) is 47.2 Å². The van der Waals surface area contributed by atoms with E-state index < -0.39 is 29.9 Å². The average Bonchev–Trinajstić information content (AvgIpc) is 3.40. The Bertz CT molecular complexity index is 1550. The standard InChI is InChI=1S/C33H38N4O5/c1-2-3-11-28(32(41)34-18-17-25-21-35-27-12-7-6-10-26(25)27)37-33(42)29(15-16-31(39)40)36-30(38)20-22-13-14-23-8-4-5-9-24(23)19-22/h4-10,12-14,19,21,28-29,35H,2-3,11,15-18,20H2,1H3,(H,34,41)(H,36,38)(H,37,42)(H,39,40). The topological polar surface area (TPSA) is 140 Å². The summed E-state index contributed by atoms with van der Waals surface area (Å²) in [5.41, 5.74) is 2.89. The summed E-state index contributed by atoms with van der Waals surface area (Å²) in [5.74, 6) is -2.36. The summed E-state index contributed by atoms with van der Waals surface area (Å²) in [4.78, 5) is 53.9. The molecule has 3 aromatic carbocycles. The van der Waals surface area contributed by atoms with Gasteiger partial charge >= 0.3 is 5.97 Å². The van der Waals surface area contributed by atoms with Crippen molar-refractivity contribution in [2.24, 2.45) is 0 Å². The second kappa shape index (κ2) is 14.8. The van der Waals surface area contributed by atoms with Crippen molar-refractivity contribution in [1.82, 2.24) is 20.9 Å². The molecular weight excluding hydrogens is 532 g/mol. The highest BCUT2D eigenvalue weighted by molar-refractivity contribution is 5.93. The lowest BCUT2D eigenvalue weighted by atomic mass is 10.0. The second-order valence-corrected chi connectivity index (χ2v) is 10.5. The molecular formula is C33H38N4O5. The van der Waals surface area contributed by atoms with E-state index in [0.29, 0.717) is 19.4 Å². The highest BCUT2D eigenvalue weighted by Gasteiger charge is 2.27. The summed E-state index contributed by atoms with van der Waals surface area (Å²) in [7, 11) is 0. The number of para-hydroxylation sites is 1. The van der Waals surface area contributed by atoms with Crippen molar-refractivity contribution in [3.8, 4) is 0 Å². The number of carbonyl (C=O) groups is 4. The van der Waals surface area contributed by atoms with Gasteiger partial charge in [-0.3, -0.25) is 19.2 Å². The summed E-state index contributed by atoms with van der Waals surface area (Å²) in [5, 5.41) is 20.8. The van der Waals surface area contributed by atoms with Gasteiger partial charge in [-0.25, -0.2) is 0 Å². The fourth-order valence-electron chi connectivity index (χ4n) is 5.05. The van der Waals surface area contributed by atoms with Crippen LogP contribution in [0.15, 0.2) is 72.9 Å².